The van der Waals surface area contributed by atoms with Crippen molar-refractivity contribution in [3.05, 3.63) is 65.5 Å². The first kappa shape index (κ1) is 18.4. The predicted octanol–water partition coefficient (Wildman–Crippen LogP) is 3.55. The van der Waals surface area contributed by atoms with Crippen molar-refractivity contribution in [3.63, 3.8) is 0 Å². The highest BCUT2D eigenvalue weighted by molar-refractivity contribution is 5.94. The maximum atomic E-state index is 13.1. The molecule has 0 spiro atoms. The minimum Gasteiger partial charge on any atom is -0.497 e. The lowest BCUT2D eigenvalue weighted by Crippen LogP contribution is -2.47. The lowest BCUT2D eigenvalue weighted by atomic mass is 9.88. The summed E-state index contributed by atoms with van der Waals surface area (Å²) in [4.78, 5) is 14.6. The third-order valence-electron chi connectivity index (χ3n) is 5.00. The van der Waals surface area contributed by atoms with Gasteiger partial charge in [-0.1, -0.05) is 12.1 Å². The van der Waals surface area contributed by atoms with E-state index in [1.807, 2.05) is 29.2 Å². The number of likely N-dealkylation sites (tertiary alicyclic amines) is 1. The molecular formula is C21H24FNO3. The molecule has 26 heavy (non-hydrogen) atoms. The molecule has 0 aliphatic carbocycles. The number of ether oxygens (including phenoxy) is 2. The summed E-state index contributed by atoms with van der Waals surface area (Å²) in [5.41, 5.74) is 1.71. The topological polar surface area (TPSA) is 38.8 Å². The van der Waals surface area contributed by atoms with Crippen LogP contribution >= 0.6 is 0 Å². The number of nitrogens with zero attached hydrogens (tertiary/aromatic N) is 1. The molecule has 1 heterocycles. The molecule has 0 N–H and O–H groups in total. The molecule has 0 saturated carbocycles. The molecule has 0 bridgehead atoms. The number of rotatable bonds is 5. The van der Waals surface area contributed by atoms with Crippen LogP contribution in [0.15, 0.2) is 48.5 Å². The van der Waals surface area contributed by atoms with E-state index >= 15 is 0 Å². The van der Waals surface area contributed by atoms with Gasteiger partial charge in [0.25, 0.3) is 5.91 Å². The third-order valence-corrected chi connectivity index (χ3v) is 5.00. The second-order valence-electron chi connectivity index (χ2n) is 6.63. The van der Waals surface area contributed by atoms with Crippen LogP contribution in [0.25, 0.3) is 0 Å². The van der Waals surface area contributed by atoms with E-state index in [9.17, 15) is 9.18 Å². The smallest absolute Gasteiger partial charge is 0.253 e. The predicted molar refractivity (Wildman–Crippen MR) is 97.9 cm³/mol. The van der Waals surface area contributed by atoms with E-state index in [1.54, 1.807) is 26.4 Å². The maximum Gasteiger partial charge on any atom is 0.253 e. The molecule has 1 amide bonds. The van der Waals surface area contributed by atoms with Crippen molar-refractivity contribution in [2.24, 2.45) is 5.92 Å². The van der Waals surface area contributed by atoms with E-state index in [4.69, 9.17) is 9.47 Å². The fourth-order valence-corrected chi connectivity index (χ4v) is 3.54. The average Bonchev–Trinajstić information content (AvgIpc) is 2.68. The molecular weight excluding hydrogens is 333 g/mol. The van der Waals surface area contributed by atoms with E-state index in [1.165, 1.54) is 17.7 Å². The first-order valence-electron chi connectivity index (χ1n) is 8.81. The number of halogens is 1. The number of carbonyl (C=O) groups is 1. The zero-order valence-corrected chi connectivity index (χ0v) is 15.2. The fourth-order valence-electron chi connectivity index (χ4n) is 3.54. The van der Waals surface area contributed by atoms with Gasteiger partial charge in [0, 0.05) is 31.7 Å². The molecule has 1 saturated heterocycles. The van der Waals surface area contributed by atoms with E-state index in [2.05, 4.69) is 0 Å². The third kappa shape index (κ3) is 4.22. The van der Waals surface area contributed by atoms with Gasteiger partial charge in [-0.3, -0.25) is 4.79 Å². The molecule has 1 fully saturated rings. The zero-order valence-electron chi connectivity index (χ0n) is 15.2. The summed E-state index contributed by atoms with van der Waals surface area (Å²) in [6, 6.07) is 13.7. The van der Waals surface area contributed by atoms with Gasteiger partial charge >= 0.3 is 0 Å². The van der Waals surface area contributed by atoms with Gasteiger partial charge in [0.05, 0.1) is 13.2 Å². The second-order valence-corrected chi connectivity index (χ2v) is 6.63. The molecule has 0 radical (unpaired) electrons. The van der Waals surface area contributed by atoms with Crippen molar-refractivity contribution in [3.8, 4) is 5.75 Å². The summed E-state index contributed by atoms with van der Waals surface area (Å²) in [5.74, 6) is 0.650. The van der Waals surface area contributed by atoms with Gasteiger partial charge in [0.2, 0.25) is 0 Å². The highest BCUT2D eigenvalue weighted by Gasteiger charge is 2.32. The Bertz CT molecular complexity index is 730. The molecule has 2 atom stereocenters. The van der Waals surface area contributed by atoms with Crippen LogP contribution in [-0.4, -0.2) is 44.2 Å². The average molecular weight is 357 g/mol. The minimum atomic E-state index is -0.336. The van der Waals surface area contributed by atoms with Gasteiger partial charge in [0.1, 0.15) is 11.6 Å². The summed E-state index contributed by atoms with van der Waals surface area (Å²) in [6.45, 7) is 1.27. The van der Waals surface area contributed by atoms with Crippen LogP contribution in [0.3, 0.4) is 0 Å². The summed E-state index contributed by atoms with van der Waals surface area (Å²) >= 11 is 0. The molecule has 0 aromatic heterocycles. The van der Waals surface area contributed by atoms with Gasteiger partial charge in [-0.25, -0.2) is 4.39 Å². The fraction of sp³-hybridized carbons (Fsp3) is 0.381. The molecule has 3 rings (SSSR count). The van der Waals surface area contributed by atoms with Crippen molar-refractivity contribution < 1.29 is 18.7 Å². The number of benzene rings is 2. The number of piperidine rings is 1. The van der Waals surface area contributed by atoms with Gasteiger partial charge in [0.15, 0.2) is 0 Å². The Morgan fingerprint density at radius 3 is 2.42 bits per heavy atom. The molecule has 1 aliphatic heterocycles. The molecule has 138 valence electrons. The van der Waals surface area contributed by atoms with Crippen LogP contribution in [0.5, 0.6) is 5.75 Å². The highest BCUT2D eigenvalue weighted by atomic mass is 19.1. The quantitative estimate of drug-likeness (QED) is 0.821. The number of methoxy groups -OCH3 is 2. The number of hydrogen-bond acceptors (Lipinski definition) is 3. The molecule has 0 unspecified atom stereocenters. The van der Waals surface area contributed by atoms with Crippen molar-refractivity contribution >= 4 is 5.91 Å². The van der Waals surface area contributed by atoms with Gasteiger partial charge < -0.3 is 14.4 Å². The molecule has 5 heteroatoms. The van der Waals surface area contributed by atoms with Crippen molar-refractivity contribution in [1.82, 2.24) is 4.90 Å². The van der Waals surface area contributed by atoms with Gasteiger partial charge in [-0.2, -0.15) is 0 Å². The van der Waals surface area contributed by atoms with Crippen LogP contribution in [0.4, 0.5) is 4.39 Å². The molecule has 2 aromatic carbocycles. The van der Waals surface area contributed by atoms with Crippen LogP contribution in [-0.2, 0) is 11.2 Å². The van der Waals surface area contributed by atoms with Crippen molar-refractivity contribution in [2.45, 2.75) is 18.9 Å². The van der Waals surface area contributed by atoms with E-state index < -0.39 is 0 Å². The van der Waals surface area contributed by atoms with Crippen LogP contribution in [0, 0.1) is 11.7 Å². The molecule has 4 nitrogen and oxygen atoms in total. The second kappa shape index (κ2) is 8.32. The Kier molecular flexibility index (Phi) is 5.89. The summed E-state index contributed by atoms with van der Waals surface area (Å²) < 4.78 is 24.0. The van der Waals surface area contributed by atoms with E-state index in [-0.39, 0.29) is 23.7 Å². The summed E-state index contributed by atoms with van der Waals surface area (Å²) in [6.07, 6.45) is 1.74. The Hall–Kier alpha value is -2.40. The number of hydrogen-bond donors (Lipinski definition) is 0. The Morgan fingerprint density at radius 2 is 1.81 bits per heavy atom. The first-order chi connectivity index (χ1) is 12.6. The van der Waals surface area contributed by atoms with E-state index in [0.717, 1.165) is 18.6 Å². The lowest BCUT2D eigenvalue weighted by molar-refractivity contribution is -0.00299. The standard InChI is InChI=1S/C21H24FNO3/c1-25-19-9-3-15(4-10-19)13-17-14-23(12-11-20(17)26-2)21(24)16-5-7-18(22)8-6-16/h3-10,17,20H,11-14H2,1-2H3/t17-,20+/m0/s1. The molecule has 2 aromatic rings. The largest absolute Gasteiger partial charge is 0.497 e. The van der Waals surface area contributed by atoms with Crippen molar-refractivity contribution in [2.75, 3.05) is 27.3 Å². The summed E-state index contributed by atoms with van der Waals surface area (Å²) in [5, 5.41) is 0. The Balaban J connectivity index is 1.70. The zero-order chi connectivity index (χ0) is 18.5. The van der Waals surface area contributed by atoms with E-state index in [0.29, 0.717) is 18.7 Å². The van der Waals surface area contributed by atoms with Crippen LogP contribution in [0.2, 0.25) is 0 Å². The van der Waals surface area contributed by atoms with Gasteiger partial charge in [-0.15, -0.1) is 0 Å². The lowest BCUT2D eigenvalue weighted by Gasteiger charge is -2.38. The highest BCUT2D eigenvalue weighted by Crippen LogP contribution is 2.25. The van der Waals surface area contributed by atoms with Crippen LogP contribution in [0.1, 0.15) is 22.3 Å². The first-order valence-corrected chi connectivity index (χ1v) is 8.81. The molecule has 1 aliphatic rings. The SMILES string of the molecule is COc1ccc(C[C@H]2CN(C(=O)c3ccc(F)cc3)CC[C@H]2OC)cc1. The van der Waals surface area contributed by atoms with Gasteiger partial charge in [-0.05, 0) is 54.8 Å². The Morgan fingerprint density at radius 1 is 1.12 bits per heavy atom. The maximum absolute atomic E-state index is 13.1. The Labute approximate surface area is 153 Å². The van der Waals surface area contributed by atoms with Crippen molar-refractivity contribution in [1.29, 1.82) is 0 Å². The normalized spacial score (nSPS) is 20.0. The number of amides is 1. The monoisotopic (exact) mass is 357 g/mol. The number of carbonyl (C=O) groups excluding carboxylic acids is 1. The minimum absolute atomic E-state index is 0.0562. The summed E-state index contributed by atoms with van der Waals surface area (Å²) in [7, 11) is 3.37. The van der Waals surface area contributed by atoms with Crippen LogP contribution < -0.4 is 4.74 Å².